The molecule has 0 spiro atoms. The summed E-state index contributed by atoms with van der Waals surface area (Å²) in [6.07, 6.45) is 0. The number of hydrogen-bond donors (Lipinski definition) is 1. The number of benzene rings is 2. The van der Waals surface area contributed by atoms with E-state index in [-0.39, 0.29) is 22.3 Å². The summed E-state index contributed by atoms with van der Waals surface area (Å²) in [5.74, 6) is -1.04. The summed E-state index contributed by atoms with van der Waals surface area (Å²) in [6, 6.07) is 9.78. The van der Waals surface area contributed by atoms with Crippen LogP contribution in [-0.2, 0) is 0 Å². The minimum Gasteiger partial charge on any atom is -0.450 e. The van der Waals surface area contributed by atoms with Crippen molar-refractivity contribution in [3.05, 3.63) is 80.4 Å². The molecule has 4 rings (SSSR count). The number of nitrogens with one attached hydrogen (secondary N) is 1. The second kappa shape index (κ2) is 4.93. The lowest BCUT2D eigenvalue weighted by atomic mass is 9.99. The fourth-order valence-electron chi connectivity index (χ4n) is 2.79. The average Bonchev–Trinajstić information content (AvgIpc) is 2.86. The molecule has 2 aromatic carbocycles. The molecule has 3 aromatic rings. The van der Waals surface area contributed by atoms with Crippen LogP contribution in [0.15, 0.2) is 51.7 Å². The Kier molecular flexibility index (Phi) is 2.99. The van der Waals surface area contributed by atoms with Gasteiger partial charge in [-0.3, -0.25) is 9.59 Å². The molecule has 0 saturated heterocycles. The topological polar surface area (TPSA) is 59.3 Å². The van der Waals surface area contributed by atoms with Crippen LogP contribution in [0.3, 0.4) is 0 Å². The van der Waals surface area contributed by atoms with Gasteiger partial charge in [-0.1, -0.05) is 23.7 Å². The minimum atomic E-state index is -0.640. The van der Waals surface area contributed by atoms with Crippen LogP contribution in [0.1, 0.15) is 27.7 Å². The van der Waals surface area contributed by atoms with Gasteiger partial charge in [0.15, 0.2) is 5.43 Å². The Morgan fingerprint density at radius 2 is 1.83 bits per heavy atom. The van der Waals surface area contributed by atoms with E-state index >= 15 is 0 Å². The maximum atomic E-state index is 13.4. The molecule has 1 amide bonds. The zero-order chi connectivity index (χ0) is 16.1. The molecule has 114 valence electrons. The number of carbonyl (C=O) groups excluding carboxylic acids is 1. The SMILES string of the molecule is O=C1NC(c2ccc(Cl)cc2)c2c1oc1ccc(F)cc1c2=O. The fraction of sp³-hybridized carbons (Fsp3) is 0.0588. The Morgan fingerprint density at radius 3 is 2.57 bits per heavy atom. The van der Waals surface area contributed by atoms with E-state index in [0.717, 1.165) is 6.07 Å². The number of amides is 1. The van der Waals surface area contributed by atoms with E-state index in [2.05, 4.69) is 5.32 Å². The number of fused-ring (bicyclic) bond motifs is 2. The van der Waals surface area contributed by atoms with Crippen molar-refractivity contribution in [3.63, 3.8) is 0 Å². The van der Waals surface area contributed by atoms with Gasteiger partial charge >= 0.3 is 0 Å². The molecule has 1 N–H and O–H groups in total. The van der Waals surface area contributed by atoms with Crippen molar-refractivity contribution in [2.75, 3.05) is 0 Å². The highest BCUT2D eigenvalue weighted by molar-refractivity contribution is 6.30. The Morgan fingerprint density at radius 1 is 1.09 bits per heavy atom. The first-order valence-electron chi connectivity index (χ1n) is 6.87. The molecular formula is C17H9ClFNO3. The van der Waals surface area contributed by atoms with Crippen LogP contribution < -0.4 is 10.7 Å². The molecule has 4 nitrogen and oxygen atoms in total. The third-order valence-electron chi connectivity index (χ3n) is 3.86. The molecule has 1 aromatic heterocycles. The van der Waals surface area contributed by atoms with Crippen LogP contribution in [-0.4, -0.2) is 5.91 Å². The van der Waals surface area contributed by atoms with Gasteiger partial charge in [-0.25, -0.2) is 4.39 Å². The van der Waals surface area contributed by atoms with Gasteiger partial charge in [-0.05, 0) is 35.9 Å². The van der Waals surface area contributed by atoms with Crippen molar-refractivity contribution < 1.29 is 13.6 Å². The molecule has 0 aliphatic carbocycles. The molecular weight excluding hydrogens is 321 g/mol. The second-order valence-electron chi connectivity index (χ2n) is 5.27. The van der Waals surface area contributed by atoms with Crippen molar-refractivity contribution in [2.24, 2.45) is 0 Å². The van der Waals surface area contributed by atoms with E-state index in [4.69, 9.17) is 16.0 Å². The molecule has 0 radical (unpaired) electrons. The highest BCUT2D eigenvalue weighted by Gasteiger charge is 2.35. The van der Waals surface area contributed by atoms with E-state index in [9.17, 15) is 14.0 Å². The van der Waals surface area contributed by atoms with Crippen molar-refractivity contribution in [1.82, 2.24) is 5.32 Å². The minimum absolute atomic E-state index is 0.0333. The molecule has 0 saturated carbocycles. The molecule has 2 heterocycles. The van der Waals surface area contributed by atoms with Crippen LogP contribution in [0, 0.1) is 5.82 Å². The smallest absolute Gasteiger partial charge is 0.288 e. The molecule has 0 bridgehead atoms. The summed E-state index contributed by atoms with van der Waals surface area (Å²) >= 11 is 5.86. The maximum absolute atomic E-state index is 13.4. The summed E-state index contributed by atoms with van der Waals surface area (Å²) in [5, 5.41) is 3.37. The first-order valence-corrected chi connectivity index (χ1v) is 7.25. The highest BCUT2D eigenvalue weighted by atomic mass is 35.5. The molecule has 1 atom stereocenters. The Hall–Kier alpha value is -2.66. The third-order valence-corrected chi connectivity index (χ3v) is 4.11. The number of halogens is 2. The van der Waals surface area contributed by atoms with Crippen molar-refractivity contribution >= 4 is 28.5 Å². The fourth-order valence-corrected chi connectivity index (χ4v) is 2.91. The van der Waals surface area contributed by atoms with Gasteiger partial charge < -0.3 is 9.73 Å². The lowest BCUT2D eigenvalue weighted by molar-refractivity contribution is 0.0938. The van der Waals surface area contributed by atoms with E-state index in [0.29, 0.717) is 10.6 Å². The van der Waals surface area contributed by atoms with Gasteiger partial charge in [-0.2, -0.15) is 0 Å². The standard InChI is InChI=1S/C17H9ClFNO3/c18-9-3-1-8(2-4-9)14-13-15(21)11-7-10(19)5-6-12(11)23-16(13)17(22)20-14/h1-7,14H,(H,20,22). The molecule has 0 fully saturated rings. The maximum Gasteiger partial charge on any atom is 0.288 e. The van der Waals surface area contributed by atoms with Crippen LogP contribution in [0.4, 0.5) is 4.39 Å². The Bertz CT molecular complexity index is 1010. The monoisotopic (exact) mass is 329 g/mol. The third kappa shape index (κ3) is 2.12. The van der Waals surface area contributed by atoms with E-state index in [1.807, 2.05) is 0 Å². The van der Waals surface area contributed by atoms with Crippen LogP contribution in [0.5, 0.6) is 0 Å². The molecule has 1 aliphatic heterocycles. The van der Waals surface area contributed by atoms with Crippen molar-refractivity contribution in [3.8, 4) is 0 Å². The Labute approximate surface area is 134 Å². The van der Waals surface area contributed by atoms with Gasteiger partial charge in [0.25, 0.3) is 5.91 Å². The summed E-state index contributed by atoms with van der Waals surface area (Å²) in [5.41, 5.74) is 0.654. The van der Waals surface area contributed by atoms with Gasteiger partial charge in [-0.15, -0.1) is 0 Å². The van der Waals surface area contributed by atoms with Gasteiger partial charge in [0, 0.05) is 5.02 Å². The molecule has 6 heteroatoms. The lowest BCUT2D eigenvalue weighted by Gasteiger charge is -2.11. The quantitative estimate of drug-likeness (QED) is 0.744. The molecule has 1 aliphatic rings. The normalized spacial score (nSPS) is 16.4. The van der Waals surface area contributed by atoms with Gasteiger partial charge in [0.2, 0.25) is 5.76 Å². The molecule has 23 heavy (non-hydrogen) atoms. The van der Waals surface area contributed by atoms with Crippen LogP contribution in [0.25, 0.3) is 11.0 Å². The zero-order valence-electron chi connectivity index (χ0n) is 11.6. The van der Waals surface area contributed by atoms with E-state index in [1.165, 1.54) is 12.1 Å². The first-order chi connectivity index (χ1) is 11.0. The second-order valence-corrected chi connectivity index (χ2v) is 5.71. The molecule has 1 unspecified atom stereocenters. The lowest BCUT2D eigenvalue weighted by Crippen LogP contribution is -2.21. The summed E-state index contributed by atoms with van der Waals surface area (Å²) < 4.78 is 19.0. The van der Waals surface area contributed by atoms with E-state index < -0.39 is 23.2 Å². The van der Waals surface area contributed by atoms with Gasteiger partial charge in [0.1, 0.15) is 11.4 Å². The highest BCUT2D eigenvalue weighted by Crippen LogP contribution is 2.31. The van der Waals surface area contributed by atoms with Crippen LogP contribution in [0.2, 0.25) is 5.02 Å². The summed E-state index contributed by atoms with van der Waals surface area (Å²) in [6.45, 7) is 0. The van der Waals surface area contributed by atoms with Gasteiger partial charge in [0.05, 0.1) is 17.0 Å². The predicted octanol–water partition coefficient (Wildman–Crippen LogP) is 3.42. The largest absolute Gasteiger partial charge is 0.450 e. The van der Waals surface area contributed by atoms with E-state index in [1.54, 1.807) is 24.3 Å². The number of carbonyl (C=O) groups is 1. The summed E-state index contributed by atoms with van der Waals surface area (Å²) in [4.78, 5) is 24.9. The zero-order valence-corrected chi connectivity index (χ0v) is 12.4. The Balaban J connectivity index is 1.99. The first kappa shape index (κ1) is 14.0. The summed E-state index contributed by atoms with van der Waals surface area (Å²) in [7, 11) is 0. The average molecular weight is 330 g/mol. The number of rotatable bonds is 1. The van der Waals surface area contributed by atoms with Crippen LogP contribution >= 0.6 is 11.6 Å². The predicted molar refractivity (Wildman–Crippen MR) is 83.2 cm³/mol. The van der Waals surface area contributed by atoms with Crippen molar-refractivity contribution in [1.29, 1.82) is 0 Å². The van der Waals surface area contributed by atoms with Crippen molar-refractivity contribution in [2.45, 2.75) is 6.04 Å². The number of hydrogen-bond acceptors (Lipinski definition) is 3.